The first-order valence-electron chi connectivity index (χ1n) is 5.29. The maximum absolute atomic E-state index is 12.1. The Morgan fingerprint density at radius 2 is 2.06 bits per heavy atom. The lowest BCUT2D eigenvalue weighted by Gasteiger charge is -2.16. The number of hydrogen-bond donors (Lipinski definition) is 2. The number of nitrogens with zero attached hydrogens (tertiary/aromatic N) is 3. The van der Waals surface area contributed by atoms with Crippen molar-refractivity contribution in [3.05, 3.63) is 12.4 Å². The molecule has 17 heavy (non-hydrogen) atoms. The molecule has 0 aliphatic heterocycles. The monoisotopic (exact) mass is 257 g/mol. The lowest BCUT2D eigenvalue weighted by atomic mass is 10.4. The Hall–Kier alpha value is -1.25. The molecule has 0 aromatic carbocycles. The van der Waals surface area contributed by atoms with Gasteiger partial charge in [0, 0.05) is 13.6 Å². The second-order valence-corrected chi connectivity index (χ2v) is 6.16. The Balaban J connectivity index is 2.17. The zero-order chi connectivity index (χ0) is 12.5. The van der Waals surface area contributed by atoms with E-state index in [1.807, 2.05) is 0 Å². The topological polar surface area (TPSA) is 101 Å². The average Bonchev–Trinajstić information content (AvgIpc) is 3.13. The highest BCUT2D eigenvalue weighted by Crippen LogP contribution is 2.30. The van der Waals surface area contributed by atoms with Crippen molar-refractivity contribution in [3.63, 3.8) is 0 Å². The first-order chi connectivity index (χ1) is 8.04. The van der Waals surface area contributed by atoms with Crippen molar-refractivity contribution < 1.29 is 8.42 Å². The normalized spacial score (nSPS) is 16.2. The largest absolute Gasteiger partial charge is 0.292 e. The molecular formula is C9H15N5O2S. The van der Waals surface area contributed by atoms with Crippen LogP contribution in [0, 0.1) is 5.92 Å². The fraction of sp³-hybridized carbons (Fsp3) is 0.556. The number of sulfonamides is 1. The number of hydrazine groups is 1. The molecular weight excluding hydrogens is 242 g/mol. The number of hydrogen-bond acceptors (Lipinski definition) is 6. The van der Waals surface area contributed by atoms with Gasteiger partial charge in [0.1, 0.15) is 4.90 Å². The summed E-state index contributed by atoms with van der Waals surface area (Å²) in [5.74, 6) is 5.80. The number of nitrogen functional groups attached to an aromatic ring is 1. The Morgan fingerprint density at radius 1 is 1.47 bits per heavy atom. The molecule has 0 unspecified atom stereocenters. The number of nitrogens with two attached hydrogens (primary N) is 1. The Morgan fingerprint density at radius 3 is 2.53 bits per heavy atom. The lowest BCUT2D eigenvalue weighted by Crippen LogP contribution is -2.29. The molecule has 2 rings (SSSR count). The molecule has 1 heterocycles. The van der Waals surface area contributed by atoms with Crippen LogP contribution < -0.4 is 11.3 Å². The van der Waals surface area contributed by atoms with Crippen LogP contribution in [0.25, 0.3) is 0 Å². The quantitative estimate of drug-likeness (QED) is 0.559. The van der Waals surface area contributed by atoms with Gasteiger partial charge in [0.15, 0.2) is 0 Å². The van der Waals surface area contributed by atoms with Gasteiger partial charge in [-0.3, -0.25) is 5.43 Å². The van der Waals surface area contributed by atoms with E-state index in [4.69, 9.17) is 5.84 Å². The first-order valence-corrected chi connectivity index (χ1v) is 6.73. The molecule has 0 spiro atoms. The van der Waals surface area contributed by atoms with Crippen LogP contribution in [0.15, 0.2) is 17.3 Å². The number of rotatable bonds is 5. The van der Waals surface area contributed by atoms with Crippen LogP contribution in [-0.2, 0) is 10.0 Å². The van der Waals surface area contributed by atoms with Crippen LogP contribution in [0.2, 0.25) is 0 Å². The molecule has 1 fully saturated rings. The third-order valence-electron chi connectivity index (χ3n) is 2.68. The van der Waals surface area contributed by atoms with E-state index >= 15 is 0 Å². The molecule has 3 N–H and O–H groups in total. The van der Waals surface area contributed by atoms with Gasteiger partial charge in [0.05, 0.1) is 12.4 Å². The molecule has 1 aromatic rings. The van der Waals surface area contributed by atoms with Crippen molar-refractivity contribution in [1.82, 2.24) is 14.3 Å². The van der Waals surface area contributed by atoms with Crippen molar-refractivity contribution in [2.45, 2.75) is 17.7 Å². The third-order valence-corrected chi connectivity index (χ3v) is 4.45. The van der Waals surface area contributed by atoms with Gasteiger partial charge in [-0.25, -0.2) is 28.5 Å². The molecule has 8 heteroatoms. The fourth-order valence-electron chi connectivity index (χ4n) is 1.47. The Kier molecular flexibility index (Phi) is 3.27. The lowest BCUT2D eigenvalue weighted by molar-refractivity contribution is 0.452. The SMILES string of the molecule is CN(CC1CC1)S(=O)(=O)c1cnc(NN)nc1. The molecule has 0 amide bonds. The summed E-state index contributed by atoms with van der Waals surface area (Å²) < 4.78 is 25.5. The van der Waals surface area contributed by atoms with Crippen LogP contribution >= 0.6 is 0 Å². The zero-order valence-electron chi connectivity index (χ0n) is 9.50. The highest BCUT2D eigenvalue weighted by molar-refractivity contribution is 7.89. The van der Waals surface area contributed by atoms with Crippen LogP contribution in [-0.4, -0.2) is 36.3 Å². The first kappa shape index (κ1) is 12.2. The summed E-state index contributed by atoms with van der Waals surface area (Å²) in [4.78, 5) is 7.66. The number of aromatic nitrogens is 2. The standard InChI is InChI=1S/C9H15N5O2S/c1-14(6-7-2-3-7)17(15,16)8-4-11-9(13-10)12-5-8/h4-5,7H,2-3,6,10H2,1H3,(H,11,12,13). The molecule has 0 saturated heterocycles. The van der Waals surface area contributed by atoms with Gasteiger partial charge in [-0.05, 0) is 18.8 Å². The maximum atomic E-state index is 12.1. The fourth-order valence-corrected chi connectivity index (χ4v) is 2.60. The molecule has 1 aliphatic carbocycles. The van der Waals surface area contributed by atoms with Gasteiger partial charge in [-0.2, -0.15) is 0 Å². The van der Waals surface area contributed by atoms with E-state index in [2.05, 4.69) is 15.4 Å². The summed E-state index contributed by atoms with van der Waals surface area (Å²) in [6, 6.07) is 0. The summed E-state index contributed by atoms with van der Waals surface area (Å²) in [6.07, 6.45) is 4.71. The van der Waals surface area contributed by atoms with E-state index in [1.54, 1.807) is 7.05 Å². The summed E-state index contributed by atoms with van der Waals surface area (Å²) in [6.45, 7) is 0.555. The Bertz CT molecular complexity index is 483. The van der Waals surface area contributed by atoms with Gasteiger partial charge in [0.25, 0.3) is 0 Å². The minimum atomic E-state index is -3.48. The number of anilines is 1. The zero-order valence-corrected chi connectivity index (χ0v) is 10.3. The average molecular weight is 257 g/mol. The van der Waals surface area contributed by atoms with Gasteiger partial charge in [-0.1, -0.05) is 0 Å². The van der Waals surface area contributed by atoms with E-state index < -0.39 is 10.0 Å². The summed E-state index contributed by atoms with van der Waals surface area (Å²) in [5, 5.41) is 0. The second-order valence-electron chi connectivity index (χ2n) is 4.12. The smallest absolute Gasteiger partial charge is 0.245 e. The highest BCUT2D eigenvalue weighted by atomic mass is 32.2. The van der Waals surface area contributed by atoms with Gasteiger partial charge in [-0.15, -0.1) is 0 Å². The van der Waals surface area contributed by atoms with Gasteiger partial charge >= 0.3 is 0 Å². The van der Waals surface area contributed by atoms with Crippen LogP contribution in [0.4, 0.5) is 5.95 Å². The van der Waals surface area contributed by atoms with E-state index in [9.17, 15) is 8.42 Å². The number of nitrogens with one attached hydrogen (secondary N) is 1. The Labute approximate surface area is 100 Å². The van der Waals surface area contributed by atoms with Gasteiger partial charge in [0.2, 0.25) is 16.0 Å². The minimum absolute atomic E-state index is 0.0830. The van der Waals surface area contributed by atoms with Crippen LogP contribution in [0.1, 0.15) is 12.8 Å². The van der Waals surface area contributed by atoms with E-state index in [-0.39, 0.29) is 10.8 Å². The van der Waals surface area contributed by atoms with Crippen molar-refractivity contribution in [2.75, 3.05) is 19.0 Å². The van der Waals surface area contributed by atoms with E-state index in [0.29, 0.717) is 12.5 Å². The molecule has 7 nitrogen and oxygen atoms in total. The van der Waals surface area contributed by atoms with E-state index in [1.165, 1.54) is 16.7 Å². The minimum Gasteiger partial charge on any atom is -0.292 e. The van der Waals surface area contributed by atoms with Crippen molar-refractivity contribution in [1.29, 1.82) is 0 Å². The third kappa shape index (κ3) is 2.71. The van der Waals surface area contributed by atoms with E-state index in [0.717, 1.165) is 12.8 Å². The van der Waals surface area contributed by atoms with Crippen molar-refractivity contribution in [2.24, 2.45) is 11.8 Å². The van der Waals surface area contributed by atoms with Crippen LogP contribution in [0.3, 0.4) is 0 Å². The summed E-state index contributed by atoms with van der Waals surface area (Å²) >= 11 is 0. The van der Waals surface area contributed by atoms with Gasteiger partial charge < -0.3 is 0 Å². The molecule has 0 atom stereocenters. The molecule has 1 saturated carbocycles. The van der Waals surface area contributed by atoms with Crippen LogP contribution in [0.5, 0.6) is 0 Å². The highest BCUT2D eigenvalue weighted by Gasteiger charge is 2.29. The predicted octanol–water partition coefficient (Wildman–Crippen LogP) is -0.207. The van der Waals surface area contributed by atoms with Crippen molar-refractivity contribution in [3.8, 4) is 0 Å². The molecule has 0 radical (unpaired) electrons. The second kappa shape index (κ2) is 4.55. The molecule has 94 valence electrons. The maximum Gasteiger partial charge on any atom is 0.245 e. The summed E-state index contributed by atoms with van der Waals surface area (Å²) in [5.41, 5.74) is 2.25. The molecule has 0 bridgehead atoms. The van der Waals surface area contributed by atoms with Crippen molar-refractivity contribution >= 4 is 16.0 Å². The molecule has 1 aliphatic rings. The summed E-state index contributed by atoms with van der Waals surface area (Å²) in [7, 11) is -1.91. The predicted molar refractivity (Wildman–Crippen MR) is 62.4 cm³/mol. The molecule has 1 aromatic heterocycles.